The largest absolute Gasteiger partial charge is 0.394 e. The van der Waals surface area contributed by atoms with Crippen molar-refractivity contribution in [1.82, 2.24) is 5.32 Å². The SMILES string of the molecule is CCNC(CO)(CCOC1CCOC1)c1ccccc1. The average molecular weight is 279 g/mol. The lowest BCUT2D eigenvalue weighted by Crippen LogP contribution is -2.46. The molecule has 1 saturated heterocycles. The third-order valence-corrected chi connectivity index (χ3v) is 3.88. The summed E-state index contributed by atoms with van der Waals surface area (Å²) in [5.74, 6) is 0. The Labute approximate surface area is 121 Å². The van der Waals surface area contributed by atoms with E-state index in [1.165, 1.54) is 0 Å². The molecule has 0 aliphatic carbocycles. The fourth-order valence-corrected chi connectivity index (χ4v) is 2.70. The van der Waals surface area contributed by atoms with Crippen LogP contribution in [-0.2, 0) is 15.0 Å². The normalized spacial score (nSPS) is 21.8. The predicted octanol–water partition coefficient (Wildman–Crippen LogP) is 1.68. The monoisotopic (exact) mass is 279 g/mol. The number of rotatable bonds is 8. The molecule has 0 amide bonds. The lowest BCUT2D eigenvalue weighted by Gasteiger charge is -2.34. The maximum Gasteiger partial charge on any atom is 0.0830 e. The van der Waals surface area contributed by atoms with Gasteiger partial charge in [0.1, 0.15) is 0 Å². The highest BCUT2D eigenvalue weighted by Gasteiger charge is 2.30. The fourth-order valence-electron chi connectivity index (χ4n) is 2.70. The standard InChI is InChI=1S/C16H25NO3/c1-2-17-16(13-18,14-6-4-3-5-7-14)9-11-20-15-8-10-19-12-15/h3-7,15,17-18H,2,8-13H2,1H3. The molecule has 2 rings (SSSR count). The number of hydrogen-bond acceptors (Lipinski definition) is 4. The molecule has 1 aliphatic rings. The molecule has 1 aromatic carbocycles. The molecule has 4 heteroatoms. The van der Waals surface area contributed by atoms with Crippen molar-refractivity contribution in [2.45, 2.75) is 31.4 Å². The number of hydrogen-bond donors (Lipinski definition) is 2. The zero-order valence-electron chi connectivity index (χ0n) is 12.2. The van der Waals surface area contributed by atoms with Crippen LogP contribution in [0.2, 0.25) is 0 Å². The van der Waals surface area contributed by atoms with E-state index in [1.807, 2.05) is 18.2 Å². The van der Waals surface area contributed by atoms with Gasteiger partial charge in [0.2, 0.25) is 0 Å². The van der Waals surface area contributed by atoms with E-state index in [1.54, 1.807) is 0 Å². The van der Waals surface area contributed by atoms with Gasteiger partial charge in [0.15, 0.2) is 0 Å². The minimum atomic E-state index is -0.421. The van der Waals surface area contributed by atoms with Crippen molar-refractivity contribution in [1.29, 1.82) is 0 Å². The van der Waals surface area contributed by atoms with Crippen molar-refractivity contribution in [3.05, 3.63) is 35.9 Å². The summed E-state index contributed by atoms with van der Waals surface area (Å²) in [7, 11) is 0. The average Bonchev–Trinajstić information content (AvgIpc) is 3.00. The summed E-state index contributed by atoms with van der Waals surface area (Å²) >= 11 is 0. The number of benzene rings is 1. The Kier molecular flexibility index (Phi) is 5.98. The maximum atomic E-state index is 9.91. The van der Waals surface area contributed by atoms with Crippen LogP contribution in [0.15, 0.2) is 30.3 Å². The lowest BCUT2D eigenvalue weighted by molar-refractivity contribution is 0.0209. The molecule has 2 atom stereocenters. The number of aliphatic hydroxyl groups excluding tert-OH is 1. The van der Waals surface area contributed by atoms with Crippen molar-refractivity contribution in [2.24, 2.45) is 0 Å². The lowest BCUT2D eigenvalue weighted by atomic mass is 9.87. The summed E-state index contributed by atoms with van der Waals surface area (Å²) in [5.41, 5.74) is 0.686. The van der Waals surface area contributed by atoms with Gasteiger partial charge in [-0.2, -0.15) is 0 Å². The summed E-state index contributed by atoms with van der Waals surface area (Å²) in [4.78, 5) is 0. The van der Waals surface area contributed by atoms with Gasteiger partial charge < -0.3 is 19.9 Å². The highest BCUT2D eigenvalue weighted by molar-refractivity contribution is 5.24. The van der Waals surface area contributed by atoms with Gasteiger partial charge in [-0.15, -0.1) is 0 Å². The first-order valence-corrected chi connectivity index (χ1v) is 7.41. The van der Waals surface area contributed by atoms with E-state index in [2.05, 4.69) is 24.4 Å². The van der Waals surface area contributed by atoms with Crippen LogP contribution in [0.4, 0.5) is 0 Å². The molecule has 0 saturated carbocycles. The molecular weight excluding hydrogens is 254 g/mol. The van der Waals surface area contributed by atoms with Crippen LogP contribution in [0.25, 0.3) is 0 Å². The van der Waals surface area contributed by atoms with Crippen LogP contribution in [0.3, 0.4) is 0 Å². The third-order valence-electron chi connectivity index (χ3n) is 3.88. The summed E-state index contributed by atoms with van der Waals surface area (Å²) in [6.07, 6.45) is 1.93. The Hall–Kier alpha value is -0.940. The molecule has 112 valence electrons. The number of aliphatic hydroxyl groups is 1. The third kappa shape index (κ3) is 3.79. The molecule has 0 bridgehead atoms. The molecule has 1 aromatic rings. The summed E-state index contributed by atoms with van der Waals surface area (Å²) in [6, 6.07) is 10.1. The van der Waals surface area contributed by atoms with Gasteiger partial charge >= 0.3 is 0 Å². The maximum absolute atomic E-state index is 9.91. The first kappa shape index (κ1) is 15.4. The topological polar surface area (TPSA) is 50.7 Å². The van der Waals surface area contributed by atoms with E-state index in [0.29, 0.717) is 13.2 Å². The van der Waals surface area contributed by atoms with Crippen molar-refractivity contribution < 1.29 is 14.6 Å². The number of likely N-dealkylation sites (N-methyl/N-ethyl adjacent to an activating group) is 1. The van der Waals surface area contributed by atoms with Crippen molar-refractivity contribution in [3.8, 4) is 0 Å². The van der Waals surface area contributed by atoms with Crippen LogP contribution in [-0.4, -0.2) is 44.2 Å². The number of nitrogens with one attached hydrogen (secondary N) is 1. The minimum Gasteiger partial charge on any atom is -0.394 e. The van der Waals surface area contributed by atoms with Gasteiger partial charge in [0.05, 0.1) is 24.9 Å². The molecule has 1 heterocycles. The van der Waals surface area contributed by atoms with Crippen molar-refractivity contribution in [2.75, 3.05) is 33.0 Å². The zero-order valence-corrected chi connectivity index (χ0v) is 12.2. The molecule has 2 N–H and O–H groups in total. The highest BCUT2D eigenvalue weighted by atomic mass is 16.5. The van der Waals surface area contributed by atoms with E-state index in [9.17, 15) is 5.11 Å². The minimum absolute atomic E-state index is 0.0649. The first-order chi connectivity index (χ1) is 9.80. The van der Waals surface area contributed by atoms with Crippen molar-refractivity contribution >= 4 is 0 Å². The van der Waals surface area contributed by atoms with Crippen LogP contribution in [0.5, 0.6) is 0 Å². The van der Waals surface area contributed by atoms with Gasteiger partial charge in [0, 0.05) is 13.2 Å². The molecule has 0 spiro atoms. The van der Waals surface area contributed by atoms with Crippen LogP contribution < -0.4 is 5.32 Å². The first-order valence-electron chi connectivity index (χ1n) is 7.41. The molecule has 2 unspecified atom stereocenters. The summed E-state index contributed by atoms with van der Waals surface area (Å²) in [5, 5.41) is 13.3. The van der Waals surface area contributed by atoms with Crippen LogP contribution in [0.1, 0.15) is 25.3 Å². The van der Waals surface area contributed by atoms with E-state index in [4.69, 9.17) is 9.47 Å². The van der Waals surface area contributed by atoms with E-state index in [0.717, 1.165) is 31.6 Å². The molecule has 1 aliphatic heterocycles. The van der Waals surface area contributed by atoms with Gasteiger partial charge in [-0.3, -0.25) is 0 Å². The second-order valence-electron chi connectivity index (χ2n) is 5.24. The molecule has 0 radical (unpaired) electrons. The van der Waals surface area contributed by atoms with Gasteiger partial charge in [-0.1, -0.05) is 37.3 Å². The van der Waals surface area contributed by atoms with E-state index < -0.39 is 5.54 Å². The molecular formula is C16H25NO3. The van der Waals surface area contributed by atoms with Gasteiger partial charge in [0.25, 0.3) is 0 Å². The molecule has 1 fully saturated rings. The smallest absolute Gasteiger partial charge is 0.0830 e. The molecule has 20 heavy (non-hydrogen) atoms. The zero-order chi connectivity index (χ0) is 14.3. The second kappa shape index (κ2) is 7.74. The quantitative estimate of drug-likeness (QED) is 0.760. The van der Waals surface area contributed by atoms with Crippen LogP contribution in [0, 0.1) is 0 Å². The Morgan fingerprint density at radius 3 is 2.80 bits per heavy atom. The van der Waals surface area contributed by atoms with Crippen molar-refractivity contribution in [3.63, 3.8) is 0 Å². The molecule has 4 nitrogen and oxygen atoms in total. The highest BCUT2D eigenvalue weighted by Crippen LogP contribution is 2.25. The van der Waals surface area contributed by atoms with E-state index >= 15 is 0 Å². The van der Waals surface area contributed by atoms with Crippen LogP contribution >= 0.6 is 0 Å². The molecule has 0 aromatic heterocycles. The number of ether oxygens (including phenoxy) is 2. The predicted molar refractivity (Wildman–Crippen MR) is 78.7 cm³/mol. The van der Waals surface area contributed by atoms with E-state index in [-0.39, 0.29) is 12.7 Å². The second-order valence-corrected chi connectivity index (χ2v) is 5.24. The Balaban J connectivity index is 1.98. The fraction of sp³-hybridized carbons (Fsp3) is 0.625. The van der Waals surface area contributed by atoms with Gasteiger partial charge in [-0.05, 0) is 24.9 Å². The Bertz CT molecular complexity index is 379. The Morgan fingerprint density at radius 1 is 1.40 bits per heavy atom. The summed E-state index contributed by atoms with van der Waals surface area (Å²) in [6.45, 7) is 5.03. The Morgan fingerprint density at radius 2 is 2.20 bits per heavy atom. The van der Waals surface area contributed by atoms with Gasteiger partial charge in [-0.25, -0.2) is 0 Å². The summed E-state index contributed by atoms with van der Waals surface area (Å²) < 4.78 is 11.2.